The maximum atomic E-state index is 12.5. The SMILES string of the molecule is CC(C)(C)c1ccc(NC(=O)Nc2cc(N3CCN(Cc4ccccc4)CC3)ncn2)cc1. The molecule has 0 unspecified atom stereocenters. The van der Waals surface area contributed by atoms with Gasteiger partial charge in [-0.1, -0.05) is 63.2 Å². The molecule has 4 rings (SSSR count). The fourth-order valence-corrected chi connectivity index (χ4v) is 3.90. The lowest BCUT2D eigenvalue weighted by molar-refractivity contribution is 0.249. The van der Waals surface area contributed by atoms with Crippen LogP contribution >= 0.6 is 0 Å². The predicted molar refractivity (Wildman–Crippen MR) is 134 cm³/mol. The Morgan fingerprint density at radius 2 is 1.61 bits per heavy atom. The van der Waals surface area contributed by atoms with Crippen LogP contribution in [0.25, 0.3) is 0 Å². The Bertz CT molecular complexity index is 1050. The summed E-state index contributed by atoms with van der Waals surface area (Å²) in [6.07, 6.45) is 1.50. The van der Waals surface area contributed by atoms with Crippen molar-refractivity contribution in [3.05, 3.63) is 78.1 Å². The van der Waals surface area contributed by atoms with E-state index >= 15 is 0 Å². The van der Waals surface area contributed by atoms with Gasteiger partial charge in [0.2, 0.25) is 0 Å². The average Bonchev–Trinajstić information content (AvgIpc) is 2.80. The van der Waals surface area contributed by atoms with Crippen molar-refractivity contribution in [1.82, 2.24) is 14.9 Å². The number of amides is 2. The van der Waals surface area contributed by atoms with Gasteiger partial charge in [0.15, 0.2) is 0 Å². The zero-order valence-corrected chi connectivity index (χ0v) is 19.6. The summed E-state index contributed by atoms with van der Waals surface area (Å²) in [5.74, 6) is 1.31. The zero-order valence-electron chi connectivity index (χ0n) is 19.6. The van der Waals surface area contributed by atoms with Crippen LogP contribution in [0.3, 0.4) is 0 Å². The largest absolute Gasteiger partial charge is 0.354 e. The third kappa shape index (κ3) is 6.29. The number of piperazine rings is 1. The maximum Gasteiger partial charge on any atom is 0.324 e. The molecule has 0 aliphatic carbocycles. The summed E-state index contributed by atoms with van der Waals surface area (Å²) in [5, 5.41) is 5.68. The number of rotatable bonds is 5. The van der Waals surface area contributed by atoms with Gasteiger partial charge >= 0.3 is 6.03 Å². The van der Waals surface area contributed by atoms with E-state index in [2.05, 4.69) is 75.4 Å². The van der Waals surface area contributed by atoms with Crippen molar-refractivity contribution in [3.8, 4) is 0 Å². The van der Waals surface area contributed by atoms with Crippen LogP contribution in [0.1, 0.15) is 31.9 Å². The third-order valence-corrected chi connectivity index (χ3v) is 5.85. The normalized spacial score (nSPS) is 14.7. The van der Waals surface area contributed by atoms with Crippen molar-refractivity contribution >= 4 is 23.4 Å². The van der Waals surface area contributed by atoms with E-state index in [1.165, 1.54) is 17.5 Å². The van der Waals surface area contributed by atoms with Gasteiger partial charge in [0.05, 0.1) is 0 Å². The minimum Gasteiger partial charge on any atom is -0.354 e. The Hall–Kier alpha value is -3.45. The number of aromatic nitrogens is 2. The van der Waals surface area contributed by atoms with E-state index in [-0.39, 0.29) is 11.4 Å². The van der Waals surface area contributed by atoms with E-state index in [0.29, 0.717) is 5.82 Å². The van der Waals surface area contributed by atoms with Crippen LogP contribution < -0.4 is 15.5 Å². The van der Waals surface area contributed by atoms with E-state index < -0.39 is 0 Å². The molecule has 1 saturated heterocycles. The lowest BCUT2D eigenvalue weighted by atomic mass is 9.87. The summed E-state index contributed by atoms with van der Waals surface area (Å²) in [7, 11) is 0. The minimum absolute atomic E-state index is 0.0746. The van der Waals surface area contributed by atoms with Crippen LogP contribution in [0.4, 0.5) is 22.1 Å². The molecule has 1 aromatic heterocycles. The highest BCUT2D eigenvalue weighted by Gasteiger charge is 2.19. The molecule has 2 amide bonds. The molecule has 1 fully saturated rings. The summed E-state index contributed by atoms with van der Waals surface area (Å²) in [6.45, 7) is 11.2. The van der Waals surface area contributed by atoms with Gasteiger partial charge in [-0.15, -0.1) is 0 Å². The van der Waals surface area contributed by atoms with Gasteiger partial charge in [0, 0.05) is 44.5 Å². The van der Waals surface area contributed by atoms with Gasteiger partial charge < -0.3 is 10.2 Å². The number of benzene rings is 2. The molecular formula is C26H32N6O. The Morgan fingerprint density at radius 1 is 0.909 bits per heavy atom. The molecule has 0 bridgehead atoms. The topological polar surface area (TPSA) is 73.4 Å². The number of anilines is 3. The molecule has 0 spiro atoms. The molecule has 2 aromatic carbocycles. The quantitative estimate of drug-likeness (QED) is 0.595. The van der Waals surface area contributed by atoms with Crippen LogP contribution in [0.15, 0.2) is 67.0 Å². The first kappa shape index (κ1) is 22.7. The average molecular weight is 445 g/mol. The van der Waals surface area contributed by atoms with Crippen LogP contribution in [0, 0.1) is 0 Å². The van der Waals surface area contributed by atoms with Crippen LogP contribution in [0.2, 0.25) is 0 Å². The van der Waals surface area contributed by atoms with Gasteiger partial charge in [0.1, 0.15) is 18.0 Å². The molecule has 2 heterocycles. The van der Waals surface area contributed by atoms with Crippen LogP contribution in [-0.2, 0) is 12.0 Å². The van der Waals surface area contributed by atoms with E-state index in [1.54, 1.807) is 0 Å². The number of urea groups is 1. The number of nitrogens with zero attached hydrogens (tertiary/aromatic N) is 4. The number of hydrogen-bond donors (Lipinski definition) is 2. The Morgan fingerprint density at radius 3 is 2.27 bits per heavy atom. The smallest absolute Gasteiger partial charge is 0.324 e. The van der Waals surface area contributed by atoms with Gasteiger partial charge in [0.25, 0.3) is 0 Å². The van der Waals surface area contributed by atoms with E-state index in [1.807, 2.05) is 36.4 Å². The van der Waals surface area contributed by atoms with E-state index in [9.17, 15) is 4.79 Å². The molecule has 3 aromatic rings. The second kappa shape index (κ2) is 10.0. The summed E-state index contributed by atoms with van der Waals surface area (Å²) in [6, 6.07) is 20.0. The van der Waals surface area contributed by atoms with Crippen molar-refractivity contribution in [2.45, 2.75) is 32.7 Å². The van der Waals surface area contributed by atoms with Crippen molar-refractivity contribution in [1.29, 1.82) is 0 Å². The molecule has 172 valence electrons. The van der Waals surface area contributed by atoms with Crippen LogP contribution in [0.5, 0.6) is 0 Å². The van der Waals surface area contributed by atoms with Crippen molar-refractivity contribution in [2.75, 3.05) is 41.7 Å². The summed E-state index contributed by atoms with van der Waals surface area (Å²) in [5.41, 5.74) is 3.37. The Labute approximate surface area is 195 Å². The third-order valence-electron chi connectivity index (χ3n) is 5.85. The van der Waals surface area contributed by atoms with Gasteiger partial charge in [-0.05, 0) is 28.7 Å². The minimum atomic E-state index is -0.323. The molecule has 7 heteroatoms. The molecule has 2 N–H and O–H groups in total. The van der Waals surface area contributed by atoms with Crippen molar-refractivity contribution < 1.29 is 4.79 Å². The van der Waals surface area contributed by atoms with E-state index in [4.69, 9.17) is 0 Å². The Balaban J connectivity index is 1.30. The summed E-state index contributed by atoms with van der Waals surface area (Å²) < 4.78 is 0. The Kier molecular flexibility index (Phi) is 6.89. The predicted octanol–water partition coefficient (Wildman–Crippen LogP) is 4.74. The number of carbonyl (C=O) groups excluding carboxylic acids is 1. The second-order valence-corrected chi connectivity index (χ2v) is 9.42. The lowest BCUT2D eigenvalue weighted by Crippen LogP contribution is -2.46. The maximum absolute atomic E-state index is 12.5. The molecule has 7 nitrogen and oxygen atoms in total. The lowest BCUT2D eigenvalue weighted by Gasteiger charge is -2.35. The van der Waals surface area contributed by atoms with Gasteiger partial charge in [-0.2, -0.15) is 0 Å². The monoisotopic (exact) mass is 444 g/mol. The number of hydrogen-bond acceptors (Lipinski definition) is 5. The standard InChI is InChI=1S/C26H32N6O/c1-26(2,3)21-9-11-22(12-10-21)29-25(33)30-23-17-24(28-19-27-23)32-15-13-31(14-16-32)18-20-7-5-4-6-8-20/h4-12,17,19H,13-16,18H2,1-3H3,(H2,27,28,29,30,33). The first-order valence-electron chi connectivity index (χ1n) is 11.4. The number of carbonyl (C=O) groups is 1. The first-order chi connectivity index (χ1) is 15.9. The highest BCUT2D eigenvalue weighted by Crippen LogP contribution is 2.23. The molecule has 0 saturated carbocycles. The highest BCUT2D eigenvalue weighted by atomic mass is 16.2. The van der Waals surface area contributed by atoms with Crippen molar-refractivity contribution in [3.63, 3.8) is 0 Å². The summed E-state index contributed by atoms with van der Waals surface area (Å²) in [4.78, 5) is 25.8. The van der Waals surface area contributed by atoms with Gasteiger partial charge in [-0.3, -0.25) is 10.2 Å². The first-order valence-corrected chi connectivity index (χ1v) is 11.4. The highest BCUT2D eigenvalue weighted by molar-refractivity contribution is 5.99. The molecule has 1 aliphatic heterocycles. The second-order valence-electron chi connectivity index (χ2n) is 9.42. The number of nitrogens with one attached hydrogen (secondary N) is 2. The van der Waals surface area contributed by atoms with E-state index in [0.717, 1.165) is 44.2 Å². The molecule has 33 heavy (non-hydrogen) atoms. The fraction of sp³-hybridized carbons (Fsp3) is 0.346. The molecular weight excluding hydrogens is 412 g/mol. The van der Waals surface area contributed by atoms with Crippen molar-refractivity contribution in [2.24, 2.45) is 0 Å². The summed E-state index contributed by atoms with van der Waals surface area (Å²) >= 11 is 0. The molecule has 0 atom stereocenters. The molecule has 1 aliphatic rings. The van der Waals surface area contributed by atoms with Gasteiger partial charge in [-0.25, -0.2) is 14.8 Å². The van der Waals surface area contributed by atoms with Crippen LogP contribution in [-0.4, -0.2) is 47.1 Å². The fourth-order valence-electron chi connectivity index (χ4n) is 3.90. The molecule has 0 radical (unpaired) electrons. The zero-order chi connectivity index (χ0) is 23.3.